The van der Waals surface area contributed by atoms with Crippen molar-refractivity contribution in [2.24, 2.45) is 5.92 Å². The Labute approximate surface area is 165 Å². The van der Waals surface area contributed by atoms with E-state index in [4.69, 9.17) is 0 Å². The molecule has 0 spiro atoms. The Morgan fingerprint density at radius 1 is 1.07 bits per heavy atom. The van der Waals surface area contributed by atoms with E-state index in [1.54, 1.807) is 12.1 Å². The van der Waals surface area contributed by atoms with Crippen LogP contribution in [0.2, 0.25) is 0 Å². The van der Waals surface area contributed by atoms with Crippen LogP contribution in [0.1, 0.15) is 57.1 Å². The zero-order chi connectivity index (χ0) is 20.4. The van der Waals surface area contributed by atoms with Gasteiger partial charge in [0, 0.05) is 24.3 Å². The number of para-hydroxylation sites is 1. The van der Waals surface area contributed by atoms with Crippen LogP contribution in [0, 0.1) is 11.7 Å². The Morgan fingerprint density at radius 3 is 2.25 bits per heavy atom. The van der Waals surface area contributed by atoms with Crippen LogP contribution in [-0.2, 0) is 9.59 Å². The van der Waals surface area contributed by atoms with Gasteiger partial charge in [-0.15, -0.1) is 0 Å². The third kappa shape index (κ3) is 4.08. The number of rotatable bonds is 5. The maximum absolute atomic E-state index is 13.5. The largest absolute Gasteiger partial charge is 0.325 e. The lowest BCUT2D eigenvalue weighted by atomic mass is 9.92. The summed E-state index contributed by atoms with van der Waals surface area (Å²) in [5, 5.41) is 3.10. The molecule has 1 aliphatic rings. The van der Waals surface area contributed by atoms with Gasteiger partial charge in [0.1, 0.15) is 5.82 Å². The van der Waals surface area contributed by atoms with Gasteiger partial charge < -0.3 is 10.2 Å². The lowest BCUT2D eigenvalue weighted by molar-refractivity contribution is -0.122. The van der Waals surface area contributed by atoms with E-state index < -0.39 is 11.7 Å². The average molecular weight is 382 g/mol. The Kier molecular flexibility index (Phi) is 5.82. The van der Waals surface area contributed by atoms with Gasteiger partial charge in [0.25, 0.3) is 0 Å². The van der Waals surface area contributed by atoms with Crippen molar-refractivity contribution in [3.8, 4) is 0 Å². The zero-order valence-corrected chi connectivity index (χ0v) is 16.8. The van der Waals surface area contributed by atoms with Crippen LogP contribution < -0.4 is 10.2 Å². The first-order valence-corrected chi connectivity index (χ1v) is 9.77. The highest BCUT2D eigenvalue weighted by atomic mass is 19.1. The molecule has 1 fully saturated rings. The van der Waals surface area contributed by atoms with Gasteiger partial charge in [-0.05, 0) is 41.2 Å². The van der Waals surface area contributed by atoms with Crippen LogP contribution in [0.4, 0.5) is 15.8 Å². The fourth-order valence-electron chi connectivity index (χ4n) is 3.70. The summed E-state index contributed by atoms with van der Waals surface area (Å²) in [6, 6.07) is 12.0. The molecule has 0 radical (unpaired) electrons. The fourth-order valence-corrected chi connectivity index (χ4v) is 3.70. The second kappa shape index (κ2) is 8.13. The van der Waals surface area contributed by atoms with Gasteiger partial charge in [-0.25, -0.2) is 4.39 Å². The van der Waals surface area contributed by atoms with Crippen molar-refractivity contribution in [3.05, 3.63) is 59.4 Å². The van der Waals surface area contributed by atoms with E-state index in [-0.39, 0.29) is 36.6 Å². The number of carbonyl (C=O) groups is 2. The first kappa shape index (κ1) is 20.1. The summed E-state index contributed by atoms with van der Waals surface area (Å²) in [6.45, 7) is 8.65. The number of nitrogens with zero attached hydrogens (tertiary/aromatic N) is 1. The van der Waals surface area contributed by atoms with Crippen LogP contribution in [-0.4, -0.2) is 18.4 Å². The van der Waals surface area contributed by atoms with Crippen molar-refractivity contribution < 1.29 is 14.0 Å². The second-order valence-corrected chi connectivity index (χ2v) is 8.00. The van der Waals surface area contributed by atoms with Crippen LogP contribution in [0.15, 0.2) is 42.5 Å². The van der Waals surface area contributed by atoms with E-state index in [9.17, 15) is 14.0 Å². The third-order valence-electron chi connectivity index (χ3n) is 5.24. The quantitative estimate of drug-likeness (QED) is 0.785. The first-order chi connectivity index (χ1) is 13.3. The van der Waals surface area contributed by atoms with E-state index >= 15 is 0 Å². The van der Waals surface area contributed by atoms with Gasteiger partial charge in [0.05, 0.1) is 5.92 Å². The maximum atomic E-state index is 13.5. The fraction of sp³-hybridized carbons (Fsp3) is 0.391. The first-order valence-electron chi connectivity index (χ1n) is 9.77. The molecule has 1 aliphatic heterocycles. The minimum Gasteiger partial charge on any atom is -0.325 e. The molecule has 0 aromatic heterocycles. The molecule has 1 heterocycles. The molecule has 1 N–H and O–H groups in total. The number of nitrogens with one attached hydrogen (secondary N) is 1. The number of hydrogen-bond acceptors (Lipinski definition) is 2. The van der Waals surface area contributed by atoms with Crippen LogP contribution in [0.5, 0.6) is 0 Å². The van der Waals surface area contributed by atoms with Gasteiger partial charge in [-0.1, -0.05) is 52.0 Å². The molecule has 5 heteroatoms. The molecule has 3 rings (SSSR count). The number of anilines is 2. The molecule has 148 valence electrons. The predicted molar refractivity (Wildman–Crippen MR) is 110 cm³/mol. The van der Waals surface area contributed by atoms with E-state index in [0.29, 0.717) is 5.69 Å². The van der Waals surface area contributed by atoms with E-state index in [0.717, 1.165) is 16.8 Å². The molecule has 1 unspecified atom stereocenters. The third-order valence-corrected chi connectivity index (χ3v) is 5.24. The monoisotopic (exact) mass is 382 g/mol. The van der Waals surface area contributed by atoms with Crippen molar-refractivity contribution >= 4 is 23.2 Å². The molecule has 0 saturated carbocycles. The molecule has 4 nitrogen and oxygen atoms in total. The van der Waals surface area contributed by atoms with Crippen molar-refractivity contribution in [1.29, 1.82) is 0 Å². The number of benzene rings is 2. The molecular weight excluding hydrogens is 355 g/mol. The average Bonchev–Trinajstić information content (AvgIpc) is 3.03. The van der Waals surface area contributed by atoms with Gasteiger partial charge >= 0.3 is 0 Å². The molecule has 1 atom stereocenters. The molecule has 0 bridgehead atoms. The highest BCUT2D eigenvalue weighted by Crippen LogP contribution is 2.34. The predicted octanol–water partition coefficient (Wildman–Crippen LogP) is 5.06. The highest BCUT2D eigenvalue weighted by molar-refractivity contribution is 6.04. The minimum absolute atomic E-state index is 0.128. The molecule has 0 aliphatic carbocycles. The smallest absolute Gasteiger partial charge is 0.229 e. The minimum atomic E-state index is -0.462. The standard InChI is InChI=1S/C23H27FN2O2/c1-14(2)19-9-6-10-20(15(3)4)22(19)25-23(28)16-11-21(27)26(13-16)18-8-5-7-17(24)12-18/h5-10,12,14-16H,11,13H2,1-4H3,(H,25,28). The van der Waals surface area contributed by atoms with Gasteiger partial charge in [-0.3, -0.25) is 9.59 Å². The summed E-state index contributed by atoms with van der Waals surface area (Å²) in [6.07, 6.45) is 0.128. The number of hydrogen-bond donors (Lipinski definition) is 1. The maximum Gasteiger partial charge on any atom is 0.229 e. The Balaban J connectivity index is 1.82. The summed E-state index contributed by atoms with van der Waals surface area (Å²) < 4.78 is 13.5. The summed E-state index contributed by atoms with van der Waals surface area (Å²) >= 11 is 0. The molecule has 2 aromatic carbocycles. The van der Waals surface area contributed by atoms with E-state index in [1.165, 1.54) is 17.0 Å². The van der Waals surface area contributed by atoms with Gasteiger partial charge in [-0.2, -0.15) is 0 Å². The van der Waals surface area contributed by atoms with Crippen LogP contribution >= 0.6 is 0 Å². The normalized spacial score (nSPS) is 16.9. The SMILES string of the molecule is CC(C)c1cccc(C(C)C)c1NC(=O)C1CC(=O)N(c2cccc(F)c2)C1. The van der Waals surface area contributed by atoms with Crippen LogP contribution in [0.3, 0.4) is 0 Å². The lowest BCUT2D eigenvalue weighted by Crippen LogP contribution is -2.28. The number of amides is 2. The number of halogens is 1. The van der Waals surface area contributed by atoms with Crippen molar-refractivity contribution in [2.75, 3.05) is 16.8 Å². The van der Waals surface area contributed by atoms with Crippen LogP contribution in [0.25, 0.3) is 0 Å². The Hall–Kier alpha value is -2.69. The second-order valence-electron chi connectivity index (χ2n) is 8.00. The summed E-state index contributed by atoms with van der Waals surface area (Å²) in [7, 11) is 0. The molecule has 2 aromatic rings. The lowest BCUT2D eigenvalue weighted by Gasteiger charge is -2.21. The summed E-state index contributed by atoms with van der Waals surface area (Å²) in [5.74, 6) is -0.651. The molecule has 1 saturated heterocycles. The molecule has 2 amide bonds. The van der Waals surface area contributed by atoms with Crippen molar-refractivity contribution in [2.45, 2.75) is 46.0 Å². The highest BCUT2D eigenvalue weighted by Gasteiger charge is 2.35. The number of carbonyl (C=O) groups excluding carboxylic acids is 2. The van der Waals surface area contributed by atoms with E-state index in [1.807, 2.05) is 18.2 Å². The summed E-state index contributed by atoms with van der Waals surface area (Å²) in [5.41, 5.74) is 3.52. The summed E-state index contributed by atoms with van der Waals surface area (Å²) in [4.78, 5) is 26.9. The molecular formula is C23H27FN2O2. The van der Waals surface area contributed by atoms with Crippen molar-refractivity contribution in [1.82, 2.24) is 0 Å². The Bertz CT molecular complexity index is 866. The van der Waals surface area contributed by atoms with Crippen molar-refractivity contribution in [3.63, 3.8) is 0 Å². The van der Waals surface area contributed by atoms with E-state index in [2.05, 4.69) is 33.0 Å². The zero-order valence-electron chi connectivity index (χ0n) is 16.8. The van der Waals surface area contributed by atoms with Gasteiger partial charge in [0.2, 0.25) is 11.8 Å². The van der Waals surface area contributed by atoms with Gasteiger partial charge in [0.15, 0.2) is 0 Å². The topological polar surface area (TPSA) is 49.4 Å². The molecule has 28 heavy (non-hydrogen) atoms. The Morgan fingerprint density at radius 2 is 1.68 bits per heavy atom.